The molecule has 0 saturated carbocycles. The lowest BCUT2D eigenvalue weighted by molar-refractivity contribution is -0.281. The minimum atomic E-state index is -0.0658. The number of carbonyl (C=O) groups is 1. The number of urea groups is 1. The van der Waals surface area contributed by atoms with Gasteiger partial charge in [-0.3, -0.25) is 14.6 Å². The highest BCUT2D eigenvalue weighted by Crippen LogP contribution is 2.39. The van der Waals surface area contributed by atoms with Gasteiger partial charge in [0.1, 0.15) is 0 Å². The van der Waals surface area contributed by atoms with E-state index in [-0.39, 0.29) is 23.2 Å². The van der Waals surface area contributed by atoms with Crippen LogP contribution in [-0.4, -0.2) is 41.4 Å². The van der Waals surface area contributed by atoms with Gasteiger partial charge < -0.3 is 0 Å². The lowest BCUT2D eigenvalue weighted by Crippen LogP contribution is -2.59. The molecule has 0 radical (unpaired) electrons. The van der Waals surface area contributed by atoms with Gasteiger partial charge in [0, 0.05) is 22.5 Å². The molecular weight excluding hydrogens is 386 g/mol. The van der Waals surface area contributed by atoms with Gasteiger partial charge in [0.2, 0.25) is 0 Å². The van der Waals surface area contributed by atoms with E-state index in [9.17, 15) is 4.79 Å². The van der Waals surface area contributed by atoms with E-state index in [2.05, 4.69) is 51.8 Å². The molecule has 0 spiro atoms. The maximum atomic E-state index is 13.5. The fourth-order valence-corrected chi connectivity index (χ4v) is 5.12. The van der Waals surface area contributed by atoms with Crippen molar-refractivity contribution in [1.82, 2.24) is 5.06 Å². The van der Waals surface area contributed by atoms with Gasteiger partial charge in [-0.15, -0.1) is 0 Å². The Bertz CT molecular complexity index is 892. The van der Waals surface area contributed by atoms with Gasteiger partial charge in [-0.1, -0.05) is 35.9 Å². The van der Waals surface area contributed by atoms with Crippen LogP contribution in [0.25, 0.3) is 0 Å². The predicted molar refractivity (Wildman–Crippen MR) is 126 cm³/mol. The first-order valence-electron chi connectivity index (χ1n) is 11.3. The number of piperidine rings is 1. The van der Waals surface area contributed by atoms with Crippen molar-refractivity contribution in [2.45, 2.75) is 71.0 Å². The molecule has 2 heterocycles. The number of hydrogen-bond donors (Lipinski definition) is 0. The van der Waals surface area contributed by atoms with E-state index in [1.54, 1.807) is 0 Å². The largest absolute Gasteiger partial charge is 0.329 e. The lowest BCUT2D eigenvalue weighted by Gasteiger charge is -2.51. The van der Waals surface area contributed by atoms with E-state index in [1.165, 1.54) is 12.0 Å². The third kappa shape index (κ3) is 4.35. The molecule has 2 amide bonds. The van der Waals surface area contributed by atoms with Crippen LogP contribution in [0.2, 0.25) is 0 Å². The molecule has 2 saturated heterocycles. The standard InChI is InChI=1S/C26H35N3O2/c1-20-12-14-22(15-13-20)28-23(18-27(24(28)30)21-10-7-6-8-11-21)19-31-29-25(2,3)16-9-17-26(29,4)5/h6-8,10-15,23H,9,16-19H2,1-5H3. The van der Waals surface area contributed by atoms with E-state index >= 15 is 0 Å². The molecule has 2 aliphatic heterocycles. The fourth-order valence-electron chi connectivity index (χ4n) is 5.12. The van der Waals surface area contributed by atoms with Gasteiger partial charge in [-0.25, -0.2) is 4.79 Å². The number of hydroxylamine groups is 2. The molecule has 2 aliphatic rings. The second-order valence-electron chi connectivity index (χ2n) is 10.2. The van der Waals surface area contributed by atoms with Crippen molar-refractivity contribution in [3.8, 4) is 0 Å². The summed E-state index contributed by atoms with van der Waals surface area (Å²) in [5.41, 5.74) is 2.96. The molecule has 5 nitrogen and oxygen atoms in total. The molecule has 2 aromatic rings. The molecule has 0 bridgehead atoms. The normalized spacial score (nSPS) is 23.4. The third-order valence-corrected chi connectivity index (χ3v) is 6.65. The molecule has 2 aromatic carbocycles. The molecule has 0 aromatic heterocycles. The van der Waals surface area contributed by atoms with Crippen molar-refractivity contribution in [2.24, 2.45) is 0 Å². The van der Waals surface area contributed by atoms with Crippen LogP contribution in [0.3, 0.4) is 0 Å². The minimum absolute atomic E-state index is 0.000757. The van der Waals surface area contributed by atoms with Gasteiger partial charge in [-0.2, -0.15) is 5.06 Å². The highest BCUT2D eigenvalue weighted by Gasteiger charge is 2.45. The summed E-state index contributed by atoms with van der Waals surface area (Å²) < 4.78 is 0. The van der Waals surface area contributed by atoms with E-state index in [0.29, 0.717) is 13.2 Å². The van der Waals surface area contributed by atoms with Crippen LogP contribution in [-0.2, 0) is 4.84 Å². The Morgan fingerprint density at radius 2 is 1.52 bits per heavy atom. The number of aryl methyl sites for hydroxylation is 1. The fraction of sp³-hybridized carbons (Fsp3) is 0.500. The van der Waals surface area contributed by atoms with Crippen LogP contribution in [0, 0.1) is 6.92 Å². The zero-order valence-electron chi connectivity index (χ0n) is 19.5. The Hall–Kier alpha value is -2.37. The molecule has 1 atom stereocenters. The smallest absolute Gasteiger partial charge is 0.296 e. The molecule has 2 fully saturated rings. The molecule has 4 rings (SSSR count). The van der Waals surface area contributed by atoms with Crippen molar-refractivity contribution in [2.75, 3.05) is 23.0 Å². The lowest BCUT2D eigenvalue weighted by atomic mass is 9.82. The topological polar surface area (TPSA) is 36.0 Å². The zero-order valence-corrected chi connectivity index (χ0v) is 19.5. The number of anilines is 2. The Morgan fingerprint density at radius 1 is 0.903 bits per heavy atom. The second-order valence-corrected chi connectivity index (χ2v) is 10.2. The average Bonchev–Trinajstić information content (AvgIpc) is 3.04. The van der Waals surface area contributed by atoms with E-state index in [0.717, 1.165) is 24.2 Å². The van der Waals surface area contributed by atoms with Crippen molar-refractivity contribution >= 4 is 17.4 Å². The first-order chi connectivity index (χ1) is 14.7. The highest BCUT2D eigenvalue weighted by molar-refractivity contribution is 6.06. The summed E-state index contributed by atoms with van der Waals surface area (Å²) in [5, 5.41) is 2.19. The second kappa shape index (κ2) is 8.29. The van der Waals surface area contributed by atoms with Crippen LogP contribution in [0.1, 0.15) is 52.5 Å². The monoisotopic (exact) mass is 421 g/mol. The summed E-state index contributed by atoms with van der Waals surface area (Å²) >= 11 is 0. The Kier molecular flexibility index (Phi) is 5.84. The average molecular weight is 422 g/mol. The molecule has 0 aliphatic carbocycles. The minimum Gasteiger partial charge on any atom is -0.296 e. The van der Waals surface area contributed by atoms with Crippen molar-refractivity contribution in [1.29, 1.82) is 0 Å². The molecule has 0 N–H and O–H groups in total. The summed E-state index contributed by atoms with van der Waals surface area (Å²) in [6.45, 7) is 12.1. The predicted octanol–water partition coefficient (Wildman–Crippen LogP) is 5.78. The van der Waals surface area contributed by atoms with Gasteiger partial charge in [0.25, 0.3) is 0 Å². The molecule has 166 valence electrons. The first-order valence-corrected chi connectivity index (χ1v) is 11.3. The number of hydrogen-bond acceptors (Lipinski definition) is 3. The van der Waals surface area contributed by atoms with Crippen LogP contribution in [0.15, 0.2) is 54.6 Å². The number of rotatable bonds is 5. The van der Waals surface area contributed by atoms with Gasteiger partial charge in [0.05, 0.1) is 19.2 Å². The SMILES string of the molecule is Cc1ccc(N2C(=O)N(c3ccccc3)CC2CON2C(C)(C)CCCC2(C)C)cc1. The quantitative estimate of drug-likeness (QED) is 0.613. The van der Waals surface area contributed by atoms with Crippen molar-refractivity contribution in [3.05, 3.63) is 60.2 Å². The number of nitrogens with zero attached hydrogens (tertiary/aromatic N) is 3. The van der Waals surface area contributed by atoms with Crippen LogP contribution in [0.4, 0.5) is 16.2 Å². The van der Waals surface area contributed by atoms with Crippen LogP contribution >= 0.6 is 0 Å². The molecule has 1 unspecified atom stereocenters. The number of carbonyl (C=O) groups excluding carboxylic acids is 1. The number of benzene rings is 2. The summed E-state index contributed by atoms with van der Waals surface area (Å²) in [5.74, 6) is 0. The van der Waals surface area contributed by atoms with Gasteiger partial charge in [-0.05, 0) is 78.1 Å². The number of amides is 2. The van der Waals surface area contributed by atoms with E-state index < -0.39 is 0 Å². The Balaban J connectivity index is 1.60. The van der Waals surface area contributed by atoms with Crippen LogP contribution < -0.4 is 9.80 Å². The summed E-state index contributed by atoms with van der Waals surface area (Å²) in [6.07, 6.45) is 3.43. The number of para-hydroxylation sites is 1. The summed E-state index contributed by atoms with van der Waals surface area (Å²) in [6, 6.07) is 18.0. The molecule has 31 heavy (non-hydrogen) atoms. The summed E-state index contributed by atoms with van der Waals surface area (Å²) in [7, 11) is 0. The zero-order chi connectivity index (χ0) is 22.2. The van der Waals surface area contributed by atoms with Crippen LogP contribution in [0.5, 0.6) is 0 Å². The molecule has 5 heteroatoms. The maximum absolute atomic E-state index is 13.5. The summed E-state index contributed by atoms with van der Waals surface area (Å²) in [4.78, 5) is 23.8. The maximum Gasteiger partial charge on any atom is 0.329 e. The van der Waals surface area contributed by atoms with Crippen molar-refractivity contribution < 1.29 is 9.63 Å². The van der Waals surface area contributed by atoms with Gasteiger partial charge in [0.15, 0.2) is 0 Å². The van der Waals surface area contributed by atoms with Gasteiger partial charge >= 0.3 is 6.03 Å². The Labute approximate surface area is 186 Å². The van der Waals surface area contributed by atoms with E-state index in [4.69, 9.17) is 4.84 Å². The van der Waals surface area contributed by atoms with E-state index in [1.807, 2.05) is 52.3 Å². The van der Waals surface area contributed by atoms with Crippen molar-refractivity contribution in [3.63, 3.8) is 0 Å². The third-order valence-electron chi connectivity index (χ3n) is 6.65. The first kappa shape index (κ1) is 21.8. The molecular formula is C26H35N3O2. The highest BCUT2D eigenvalue weighted by atomic mass is 16.7. The Morgan fingerprint density at radius 3 is 2.13 bits per heavy atom.